The van der Waals surface area contributed by atoms with E-state index in [9.17, 15) is 0 Å². The van der Waals surface area contributed by atoms with Crippen molar-refractivity contribution in [2.45, 2.75) is 26.8 Å². The van der Waals surface area contributed by atoms with E-state index in [-0.39, 0.29) is 6.79 Å². The fourth-order valence-electron chi connectivity index (χ4n) is 1.71. The molecule has 1 aromatic carbocycles. The van der Waals surface area contributed by atoms with Crippen LogP contribution >= 0.6 is 0 Å². The molecule has 0 aliphatic heterocycles. The number of rotatable bonds is 12. The molecule has 0 amide bonds. The zero-order chi connectivity index (χ0) is 15.3. The molecule has 0 spiro atoms. The topological polar surface area (TPSA) is 49.0 Å². The summed E-state index contributed by atoms with van der Waals surface area (Å²) in [6, 6.07) is 5.91. The Hall–Kier alpha value is -1.30. The first-order chi connectivity index (χ1) is 10.3. The van der Waals surface area contributed by atoms with E-state index in [0.29, 0.717) is 19.8 Å². The average Bonchev–Trinajstić information content (AvgIpc) is 2.51. The van der Waals surface area contributed by atoms with Crippen LogP contribution in [-0.4, -0.2) is 40.3 Å². The van der Waals surface area contributed by atoms with Crippen molar-refractivity contribution in [3.05, 3.63) is 23.8 Å². The summed E-state index contributed by atoms with van der Waals surface area (Å²) < 4.78 is 21.6. The molecular formula is C16H27NO4. The molecule has 120 valence electrons. The van der Waals surface area contributed by atoms with E-state index in [4.69, 9.17) is 18.9 Å². The van der Waals surface area contributed by atoms with Gasteiger partial charge in [-0.3, -0.25) is 0 Å². The Balaban J connectivity index is 2.64. The van der Waals surface area contributed by atoms with E-state index >= 15 is 0 Å². The van der Waals surface area contributed by atoms with Crippen LogP contribution in [0.25, 0.3) is 0 Å². The third-order valence-electron chi connectivity index (χ3n) is 2.81. The van der Waals surface area contributed by atoms with Gasteiger partial charge in [0.05, 0.1) is 13.2 Å². The zero-order valence-corrected chi connectivity index (χ0v) is 13.3. The predicted molar refractivity (Wildman–Crippen MR) is 82.9 cm³/mol. The fourth-order valence-corrected chi connectivity index (χ4v) is 1.71. The Labute approximate surface area is 127 Å². The van der Waals surface area contributed by atoms with Gasteiger partial charge in [-0.25, -0.2) is 0 Å². The van der Waals surface area contributed by atoms with Gasteiger partial charge in [-0.05, 0) is 19.4 Å². The Bertz CT molecular complexity index is 385. The maximum Gasteiger partial charge on any atom is 0.189 e. The maximum atomic E-state index is 5.68. The summed E-state index contributed by atoms with van der Waals surface area (Å²) in [4.78, 5) is 0. The van der Waals surface area contributed by atoms with E-state index in [2.05, 4.69) is 12.2 Å². The molecule has 0 unspecified atom stereocenters. The smallest absolute Gasteiger partial charge is 0.189 e. The van der Waals surface area contributed by atoms with Crippen LogP contribution in [0.1, 0.15) is 25.8 Å². The Kier molecular flexibility index (Phi) is 9.61. The molecule has 0 saturated carbocycles. The van der Waals surface area contributed by atoms with Crippen molar-refractivity contribution >= 4 is 0 Å². The molecule has 21 heavy (non-hydrogen) atoms. The molecule has 0 atom stereocenters. The van der Waals surface area contributed by atoms with Crippen molar-refractivity contribution in [2.75, 3.05) is 40.3 Å². The minimum atomic E-state index is 0.249. The lowest BCUT2D eigenvalue weighted by Crippen LogP contribution is -2.19. The highest BCUT2D eigenvalue weighted by Crippen LogP contribution is 2.25. The van der Waals surface area contributed by atoms with Gasteiger partial charge in [0.25, 0.3) is 0 Å². The Morgan fingerprint density at radius 3 is 2.67 bits per heavy atom. The Morgan fingerprint density at radius 2 is 1.95 bits per heavy atom. The van der Waals surface area contributed by atoms with E-state index in [0.717, 1.165) is 36.6 Å². The summed E-state index contributed by atoms with van der Waals surface area (Å²) in [6.07, 6.45) is 0.982. The van der Waals surface area contributed by atoms with Crippen molar-refractivity contribution in [3.8, 4) is 11.5 Å². The molecule has 0 saturated heterocycles. The van der Waals surface area contributed by atoms with E-state index in [1.54, 1.807) is 7.11 Å². The molecule has 0 bridgehead atoms. The van der Waals surface area contributed by atoms with Gasteiger partial charge in [0, 0.05) is 38.4 Å². The van der Waals surface area contributed by atoms with Gasteiger partial charge in [0.1, 0.15) is 11.5 Å². The van der Waals surface area contributed by atoms with Crippen molar-refractivity contribution < 1.29 is 18.9 Å². The highest BCUT2D eigenvalue weighted by Gasteiger charge is 2.06. The SMILES string of the molecule is CCCOc1ccc(CNCCOC)c(OCOCC)c1. The first-order valence-electron chi connectivity index (χ1n) is 7.47. The van der Waals surface area contributed by atoms with Crippen LogP contribution < -0.4 is 14.8 Å². The number of ether oxygens (including phenoxy) is 4. The average molecular weight is 297 g/mol. The third-order valence-corrected chi connectivity index (χ3v) is 2.81. The molecule has 0 radical (unpaired) electrons. The standard InChI is InChI=1S/C16H27NO4/c1-4-9-20-15-7-6-14(12-17-8-10-18-3)16(11-15)21-13-19-5-2/h6-7,11,17H,4-5,8-10,12-13H2,1-3H3. The monoisotopic (exact) mass is 297 g/mol. The number of hydrogen-bond acceptors (Lipinski definition) is 5. The highest BCUT2D eigenvalue weighted by molar-refractivity contribution is 5.40. The zero-order valence-electron chi connectivity index (χ0n) is 13.3. The molecular weight excluding hydrogens is 270 g/mol. The number of nitrogens with one attached hydrogen (secondary N) is 1. The molecule has 1 N–H and O–H groups in total. The van der Waals surface area contributed by atoms with Crippen molar-refractivity contribution in [1.29, 1.82) is 0 Å². The van der Waals surface area contributed by atoms with E-state index < -0.39 is 0 Å². The molecule has 1 aromatic rings. The van der Waals surface area contributed by atoms with Crippen molar-refractivity contribution in [3.63, 3.8) is 0 Å². The summed E-state index contributed by atoms with van der Waals surface area (Å²) in [5.41, 5.74) is 1.08. The second-order valence-corrected chi connectivity index (χ2v) is 4.54. The molecule has 0 aliphatic rings. The lowest BCUT2D eigenvalue weighted by Gasteiger charge is -2.14. The quantitative estimate of drug-likeness (QED) is 0.475. The third kappa shape index (κ3) is 7.32. The molecule has 1 rings (SSSR count). The normalized spacial score (nSPS) is 10.6. The second kappa shape index (κ2) is 11.4. The van der Waals surface area contributed by atoms with E-state index in [1.165, 1.54) is 0 Å². The van der Waals surface area contributed by atoms with Gasteiger partial charge in [-0.15, -0.1) is 0 Å². The fraction of sp³-hybridized carbons (Fsp3) is 0.625. The Morgan fingerprint density at radius 1 is 1.10 bits per heavy atom. The molecule has 0 heterocycles. The molecule has 0 fully saturated rings. The van der Waals surface area contributed by atoms with Gasteiger partial charge >= 0.3 is 0 Å². The molecule has 0 aliphatic carbocycles. The molecule has 5 nitrogen and oxygen atoms in total. The lowest BCUT2D eigenvalue weighted by atomic mass is 10.2. The van der Waals surface area contributed by atoms with E-state index in [1.807, 2.05) is 25.1 Å². The van der Waals surface area contributed by atoms with Gasteiger partial charge in [0.15, 0.2) is 6.79 Å². The van der Waals surface area contributed by atoms with Crippen LogP contribution in [0.15, 0.2) is 18.2 Å². The van der Waals surface area contributed by atoms with Gasteiger partial charge in [-0.2, -0.15) is 0 Å². The van der Waals surface area contributed by atoms with Gasteiger partial charge < -0.3 is 24.3 Å². The van der Waals surface area contributed by atoms with Gasteiger partial charge in [-0.1, -0.05) is 13.0 Å². The number of benzene rings is 1. The van der Waals surface area contributed by atoms with Crippen LogP contribution in [0, 0.1) is 0 Å². The first kappa shape index (κ1) is 17.8. The maximum absolute atomic E-state index is 5.68. The second-order valence-electron chi connectivity index (χ2n) is 4.54. The number of methoxy groups -OCH3 is 1. The molecule has 5 heteroatoms. The summed E-state index contributed by atoms with van der Waals surface area (Å²) in [5, 5.41) is 3.31. The van der Waals surface area contributed by atoms with Crippen molar-refractivity contribution in [2.24, 2.45) is 0 Å². The first-order valence-corrected chi connectivity index (χ1v) is 7.47. The van der Waals surface area contributed by atoms with Crippen LogP contribution in [0.5, 0.6) is 11.5 Å². The minimum absolute atomic E-state index is 0.249. The highest BCUT2D eigenvalue weighted by atomic mass is 16.7. The minimum Gasteiger partial charge on any atom is -0.493 e. The predicted octanol–water partition coefficient (Wildman–Crippen LogP) is 2.58. The van der Waals surface area contributed by atoms with Crippen molar-refractivity contribution in [1.82, 2.24) is 5.32 Å². The summed E-state index contributed by atoms with van der Waals surface area (Å²) in [5.74, 6) is 1.62. The lowest BCUT2D eigenvalue weighted by molar-refractivity contribution is 0.0216. The van der Waals surface area contributed by atoms with Gasteiger partial charge in [0.2, 0.25) is 0 Å². The van der Waals surface area contributed by atoms with Crippen LogP contribution in [0.3, 0.4) is 0 Å². The van der Waals surface area contributed by atoms with Crippen LogP contribution in [-0.2, 0) is 16.0 Å². The summed E-state index contributed by atoms with van der Waals surface area (Å²) in [6.45, 7) is 7.82. The molecule has 0 aromatic heterocycles. The summed E-state index contributed by atoms with van der Waals surface area (Å²) >= 11 is 0. The van der Waals surface area contributed by atoms with Crippen LogP contribution in [0.4, 0.5) is 0 Å². The van der Waals surface area contributed by atoms with Crippen LogP contribution in [0.2, 0.25) is 0 Å². The largest absolute Gasteiger partial charge is 0.493 e. The summed E-state index contributed by atoms with van der Waals surface area (Å²) in [7, 11) is 1.69. The number of hydrogen-bond donors (Lipinski definition) is 1.